The minimum atomic E-state index is -2.77. The molecule has 3 aromatic heterocycles. The number of aromatic nitrogens is 5. The number of nitrogens with zero attached hydrogens (tertiary/aromatic N) is 5. The molecule has 0 radical (unpaired) electrons. The van der Waals surface area contributed by atoms with Crippen molar-refractivity contribution in [2.24, 2.45) is 0 Å². The SMILES string of the molecule is CCn1ccnc1COc1nc(N)nc(-c2ccc(F)cc2)c1-c1cc(C)nc(C(F)F)c1. The van der Waals surface area contributed by atoms with Gasteiger partial charge in [0.1, 0.15) is 23.9 Å². The van der Waals surface area contributed by atoms with Crippen LogP contribution in [0.5, 0.6) is 5.88 Å². The van der Waals surface area contributed by atoms with E-state index in [4.69, 9.17) is 10.5 Å². The van der Waals surface area contributed by atoms with Gasteiger partial charge in [-0.3, -0.25) is 4.98 Å². The number of imidazole rings is 1. The molecule has 0 unspecified atom stereocenters. The Morgan fingerprint density at radius 2 is 1.82 bits per heavy atom. The summed E-state index contributed by atoms with van der Waals surface area (Å²) < 4.78 is 48.4. The fourth-order valence-electron chi connectivity index (χ4n) is 3.49. The van der Waals surface area contributed by atoms with Crippen LogP contribution in [0.4, 0.5) is 19.1 Å². The average Bonchev–Trinajstić information content (AvgIpc) is 3.25. The number of alkyl halides is 2. The van der Waals surface area contributed by atoms with Crippen molar-refractivity contribution in [1.82, 2.24) is 24.5 Å². The number of pyridine rings is 1. The highest BCUT2D eigenvalue weighted by Gasteiger charge is 2.22. The second kappa shape index (κ2) is 9.27. The van der Waals surface area contributed by atoms with Gasteiger partial charge < -0.3 is 15.0 Å². The highest BCUT2D eigenvalue weighted by molar-refractivity contribution is 5.85. The largest absolute Gasteiger partial charge is 0.469 e. The lowest BCUT2D eigenvalue weighted by molar-refractivity contribution is 0.146. The molecule has 1 aromatic carbocycles. The van der Waals surface area contributed by atoms with Gasteiger partial charge in [0.2, 0.25) is 11.8 Å². The van der Waals surface area contributed by atoms with Gasteiger partial charge in [0.15, 0.2) is 0 Å². The maximum absolute atomic E-state index is 13.5. The quantitative estimate of drug-likeness (QED) is 0.424. The van der Waals surface area contributed by atoms with Crippen LogP contribution in [0.1, 0.15) is 30.6 Å². The van der Waals surface area contributed by atoms with Crippen molar-refractivity contribution in [3.63, 3.8) is 0 Å². The van der Waals surface area contributed by atoms with Gasteiger partial charge in [-0.05, 0) is 55.8 Å². The fraction of sp³-hybridized carbons (Fsp3) is 0.217. The van der Waals surface area contributed by atoms with E-state index < -0.39 is 12.2 Å². The smallest absolute Gasteiger partial charge is 0.280 e. The van der Waals surface area contributed by atoms with Gasteiger partial charge >= 0.3 is 0 Å². The number of halogens is 3. The Morgan fingerprint density at radius 3 is 2.52 bits per heavy atom. The number of nitrogen functional groups attached to an aromatic ring is 1. The molecule has 2 N–H and O–H groups in total. The number of aryl methyl sites for hydroxylation is 2. The van der Waals surface area contributed by atoms with Gasteiger partial charge in [-0.15, -0.1) is 0 Å². The standard InChI is InChI=1S/C23H21F3N6O/c1-3-32-9-8-28-18(32)12-33-22-19(15-10-13(2)29-17(11-15)21(25)26)20(30-23(27)31-22)14-4-6-16(24)7-5-14/h4-11,21H,3,12H2,1-2H3,(H2,27,30,31). The summed E-state index contributed by atoms with van der Waals surface area (Å²) in [6, 6.07) is 8.50. The predicted octanol–water partition coefficient (Wildman–Crippen LogP) is 4.97. The molecule has 10 heteroatoms. The van der Waals surface area contributed by atoms with Gasteiger partial charge in [0.05, 0.1) is 11.3 Å². The molecule has 0 saturated heterocycles. The molecule has 0 amide bonds. The first-order chi connectivity index (χ1) is 15.9. The summed E-state index contributed by atoms with van der Waals surface area (Å²) in [6.07, 6.45) is 0.704. The van der Waals surface area contributed by atoms with Crippen molar-refractivity contribution < 1.29 is 17.9 Å². The van der Waals surface area contributed by atoms with Crippen LogP contribution in [0.15, 0.2) is 48.8 Å². The van der Waals surface area contributed by atoms with Crippen LogP contribution < -0.4 is 10.5 Å². The molecule has 33 heavy (non-hydrogen) atoms. The molecule has 0 fully saturated rings. The minimum Gasteiger partial charge on any atom is -0.469 e. The summed E-state index contributed by atoms with van der Waals surface area (Å²) in [6.45, 7) is 4.35. The summed E-state index contributed by atoms with van der Waals surface area (Å²) in [7, 11) is 0. The summed E-state index contributed by atoms with van der Waals surface area (Å²) in [5, 5.41) is 0. The molecule has 4 rings (SSSR count). The van der Waals surface area contributed by atoms with E-state index in [1.807, 2.05) is 17.7 Å². The molecular formula is C23H21F3N6O. The number of hydrogen-bond acceptors (Lipinski definition) is 6. The Hall–Kier alpha value is -3.95. The van der Waals surface area contributed by atoms with E-state index in [0.717, 1.165) is 0 Å². The zero-order valence-corrected chi connectivity index (χ0v) is 18.0. The predicted molar refractivity (Wildman–Crippen MR) is 117 cm³/mol. The maximum Gasteiger partial charge on any atom is 0.280 e. The van der Waals surface area contributed by atoms with Gasteiger partial charge in [-0.1, -0.05) is 0 Å². The Morgan fingerprint density at radius 1 is 1.06 bits per heavy atom. The second-order valence-corrected chi connectivity index (χ2v) is 7.26. The topological polar surface area (TPSA) is 91.7 Å². The zero-order chi connectivity index (χ0) is 23.5. The molecule has 3 heterocycles. The zero-order valence-electron chi connectivity index (χ0n) is 18.0. The number of nitrogens with two attached hydrogens (primary N) is 1. The Labute approximate surface area is 188 Å². The number of anilines is 1. The molecule has 0 atom stereocenters. The monoisotopic (exact) mass is 454 g/mol. The lowest BCUT2D eigenvalue weighted by atomic mass is 9.99. The number of ether oxygens (including phenoxy) is 1. The number of benzene rings is 1. The molecule has 0 bridgehead atoms. The van der Waals surface area contributed by atoms with Crippen LogP contribution in [0.25, 0.3) is 22.4 Å². The first-order valence-electron chi connectivity index (χ1n) is 10.2. The van der Waals surface area contributed by atoms with E-state index >= 15 is 0 Å². The van der Waals surface area contributed by atoms with Gasteiger partial charge in [0, 0.05) is 30.2 Å². The highest BCUT2D eigenvalue weighted by atomic mass is 19.3. The van der Waals surface area contributed by atoms with Crippen LogP contribution in [0.2, 0.25) is 0 Å². The van der Waals surface area contributed by atoms with Crippen LogP contribution in [0, 0.1) is 12.7 Å². The Balaban J connectivity index is 1.89. The highest BCUT2D eigenvalue weighted by Crippen LogP contribution is 2.39. The third-order valence-electron chi connectivity index (χ3n) is 4.98. The summed E-state index contributed by atoms with van der Waals surface area (Å²) >= 11 is 0. The van der Waals surface area contributed by atoms with Gasteiger partial charge in [0.25, 0.3) is 6.43 Å². The van der Waals surface area contributed by atoms with E-state index in [9.17, 15) is 13.2 Å². The second-order valence-electron chi connectivity index (χ2n) is 7.26. The Kier molecular flexibility index (Phi) is 6.25. The lowest BCUT2D eigenvalue weighted by Gasteiger charge is -2.16. The minimum absolute atomic E-state index is 0.0684. The van der Waals surface area contributed by atoms with E-state index in [-0.39, 0.29) is 24.1 Å². The van der Waals surface area contributed by atoms with E-state index in [0.29, 0.717) is 40.4 Å². The fourth-order valence-corrected chi connectivity index (χ4v) is 3.49. The van der Waals surface area contributed by atoms with Crippen molar-refractivity contribution in [2.45, 2.75) is 33.4 Å². The first-order valence-corrected chi connectivity index (χ1v) is 10.2. The summed E-state index contributed by atoms with van der Waals surface area (Å²) in [4.78, 5) is 16.8. The van der Waals surface area contributed by atoms with Crippen LogP contribution >= 0.6 is 0 Å². The normalized spacial score (nSPS) is 11.2. The molecule has 170 valence electrons. The van der Waals surface area contributed by atoms with Crippen LogP contribution in [-0.4, -0.2) is 24.5 Å². The average molecular weight is 454 g/mol. The maximum atomic E-state index is 13.5. The van der Waals surface area contributed by atoms with Crippen LogP contribution in [-0.2, 0) is 13.2 Å². The van der Waals surface area contributed by atoms with Gasteiger partial charge in [-0.25, -0.2) is 23.1 Å². The lowest BCUT2D eigenvalue weighted by Crippen LogP contribution is -2.09. The van der Waals surface area contributed by atoms with Crippen molar-refractivity contribution in [3.05, 3.63) is 71.8 Å². The number of rotatable bonds is 7. The van der Waals surface area contributed by atoms with Crippen LogP contribution in [0.3, 0.4) is 0 Å². The van der Waals surface area contributed by atoms with Crippen molar-refractivity contribution in [3.8, 4) is 28.3 Å². The molecule has 4 aromatic rings. The molecular weight excluding hydrogens is 433 g/mol. The molecule has 0 saturated carbocycles. The third kappa shape index (κ3) is 4.79. The summed E-state index contributed by atoms with van der Waals surface area (Å²) in [5.41, 5.74) is 7.52. The molecule has 0 aliphatic heterocycles. The molecule has 0 aliphatic carbocycles. The van der Waals surface area contributed by atoms with Crippen molar-refractivity contribution in [2.75, 3.05) is 5.73 Å². The Bertz CT molecular complexity index is 1270. The molecule has 0 spiro atoms. The van der Waals surface area contributed by atoms with Crippen molar-refractivity contribution in [1.29, 1.82) is 0 Å². The van der Waals surface area contributed by atoms with Gasteiger partial charge in [-0.2, -0.15) is 4.98 Å². The molecule has 7 nitrogen and oxygen atoms in total. The van der Waals surface area contributed by atoms with E-state index in [2.05, 4.69) is 19.9 Å². The van der Waals surface area contributed by atoms with Crippen molar-refractivity contribution >= 4 is 5.95 Å². The summed E-state index contributed by atoms with van der Waals surface area (Å²) in [5.74, 6) is 0.248. The van der Waals surface area contributed by atoms with E-state index in [1.54, 1.807) is 19.2 Å². The number of hydrogen-bond donors (Lipinski definition) is 1. The third-order valence-corrected chi connectivity index (χ3v) is 4.98. The molecule has 0 aliphatic rings. The first kappa shape index (κ1) is 22.3. The van der Waals surface area contributed by atoms with E-state index in [1.165, 1.54) is 30.3 Å².